The fourth-order valence-corrected chi connectivity index (χ4v) is 4.00. The first kappa shape index (κ1) is 21.1. The molecule has 0 saturated carbocycles. The second-order valence-electron chi connectivity index (χ2n) is 6.28. The van der Waals surface area contributed by atoms with Gasteiger partial charge in [0, 0.05) is 23.0 Å². The Balaban J connectivity index is 1.93. The molecule has 0 aliphatic carbocycles. The van der Waals surface area contributed by atoms with Crippen molar-refractivity contribution < 1.29 is 18.4 Å². The molecule has 3 N–H and O–H groups in total. The number of thioether (sulfide) groups is 1. The lowest BCUT2D eigenvalue weighted by Gasteiger charge is -2.14. The Kier molecular flexibility index (Phi) is 6.09. The molecular formula is C20H16BrF2N3O2S. The van der Waals surface area contributed by atoms with Crippen LogP contribution in [0.2, 0.25) is 0 Å². The average molecular weight is 480 g/mol. The molecule has 150 valence electrons. The third-order valence-electron chi connectivity index (χ3n) is 4.23. The number of halogens is 3. The third kappa shape index (κ3) is 4.35. The molecule has 1 heterocycles. The van der Waals surface area contributed by atoms with E-state index in [2.05, 4.69) is 27.8 Å². The van der Waals surface area contributed by atoms with E-state index in [0.717, 1.165) is 33.9 Å². The number of benzene rings is 2. The fraction of sp³-hybridized carbons (Fsp3) is 0.100. The normalized spacial score (nSPS) is 13.8. The quantitative estimate of drug-likeness (QED) is 0.643. The molecule has 0 bridgehead atoms. The highest BCUT2D eigenvalue weighted by atomic mass is 79.9. The highest BCUT2D eigenvalue weighted by molar-refractivity contribution is 9.10. The number of hydrogen-bond acceptors (Lipinski definition) is 4. The molecule has 1 aliphatic heterocycles. The smallest absolute Gasteiger partial charge is 0.270 e. The van der Waals surface area contributed by atoms with E-state index < -0.39 is 29.1 Å². The lowest BCUT2D eigenvalue weighted by molar-refractivity contribution is -0.126. The monoisotopic (exact) mass is 479 g/mol. The summed E-state index contributed by atoms with van der Waals surface area (Å²) in [4.78, 5) is 26.7. The van der Waals surface area contributed by atoms with Crippen molar-refractivity contribution in [1.82, 2.24) is 4.90 Å². The summed E-state index contributed by atoms with van der Waals surface area (Å²) in [5.74, 6) is -3.01. The van der Waals surface area contributed by atoms with Gasteiger partial charge in [-0.2, -0.15) is 0 Å². The number of amides is 2. The largest absolute Gasteiger partial charge is 0.393 e. The van der Waals surface area contributed by atoms with Crippen LogP contribution in [0.5, 0.6) is 0 Å². The summed E-state index contributed by atoms with van der Waals surface area (Å²) in [6.45, 7) is 4.03. The van der Waals surface area contributed by atoms with E-state index in [4.69, 9.17) is 5.73 Å². The van der Waals surface area contributed by atoms with Gasteiger partial charge in [0.1, 0.15) is 23.0 Å². The molecule has 5 nitrogen and oxygen atoms in total. The highest BCUT2D eigenvalue weighted by Crippen LogP contribution is 2.40. The predicted molar refractivity (Wildman–Crippen MR) is 113 cm³/mol. The Morgan fingerprint density at radius 3 is 2.59 bits per heavy atom. The second kappa shape index (κ2) is 8.38. The molecule has 0 saturated heterocycles. The van der Waals surface area contributed by atoms with Crippen LogP contribution in [0.25, 0.3) is 4.91 Å². The number of fused-ring (bicyclic) bond motifs is 1. The van der Waals surface area contributed by atoms with E-state index in [1.807, 2.05) is 12.1 Å². The molecule has 1 aliphatic rings. The molecule has 3 rings (SSSR count). The van der Waals surface area contributed by atoms with Gasteiger partial charge in [0.2, 0.25) is 0 Å². The minimum atomic E-state index is -0.907. The first-order valence-corrected chi connectivity index (χ1v) is 9.96. The van der Waals surface area contributed by atoms with Gasteiger partial charge in [-0.3, -0.25) is 9.59 Å². The summed E-state index contributed by atoms with van der Waals surface area (Å²) in [5, 5.41) is 2.18. The Labute approximate surface area is 178 Å². The van der Waals surface area contributed by atoms with Crippen LogP contribution in [0.4, 0.5) is 14.5 Å². The molecule has 0 radical (unpaired) electrons. The summed E-state index contributed by atoms with van der Waals surface area (Å²) < 4.78 is 28.4. The lowest BCUT2D eigenvalue weighted by atomic mass is 10.1. The van der Waals surface area contributed by atoms with Gasteiger partial charge >= 0.3 is 0 Å². The number of hydrogen-bond donors (Lipinski definition) is 2. The van der Waals surface area contributed by atoms with Crippen LogP contribution in [0, 0.1) is 11.6 Å². The molecule has 0 unspecified atom stereocenters. The van der Waals surface area contributed by atoms with Crippen LogP contribution in [0.1, 0.15) is 11.1 Å². The van der Waals surface area contributed by atoms with Gasteiger partial charge in [0.25, 0.3) is 11.8 Å². The van der Waals surface area contributed by atoms with E-state index in [1.165, 1.54) is 11.0 Å². The van der Waals surface area contributed by atoms with Crippen LogP contribution >= 0.6 is 27.7 Å². The molecule has 9 heteroatoms. The summed E-state index contributed by atoms with van der Waals surface area (Å²) in [6, 6.07) is 8.73. The van der Waals surface area contributed by atoms with Gasteiger partial charge in [-0.25, -0.2) is 8.78 Å². The maximum Gasteiger partial charge on any atom is 0.270 e. The average Bonchev–Trinajstić information content (AvgIpc) is 2.76. The van der Waals surface area contributed by atoms with E-state index in [1.54, 1.807) is 13.1 Å². The lowest BCUT2D eigenvalue weighted by Crippen LogP contribution is -2.29. The van der Waals surface area contributed by atoms with E-state index in [-0.39, 0.29) is 10.6 Å². The Morgan fingerprint density at radius 2 is 1.93 bits per heavy atom. The number of rotatable bonds is 4. The van der Waals surface area contributed by atoms with Gasteiger partial charge in [-0.15, -0.1) is 0 Å². The van der Waals surface area contributed by atoms with Gasteiger partial charge in [0.15, 0.2) is 0 Å². The van der Waals surface area contributed by atoms with Crippen molar-refractivity contribution >= 4 is 50.1 Å². The van der Waals surface area contributed by atoms with Crippen LogP contribution in [-0.4, -0.2) is 23.8 Å². The van der Waals surface area contributed by atoms with Crippen molar-refractivity contribution in [3.63, 3.8) is 0 Å². The van der Waals surface area contributed by atoms with Crippen molar-refractivity contribution in [2.45, 2.75) is 6.54 Å². The zero-order chi connectivity index (χ0) is 21.3. The molecule has 2 amide bonds. The number of carbonyl (C=O) groups excluding carboxylic acids is 2. The van der Waals surface area contributed by atoms with E-state index in [9.17, 15) is 18.4 Å². The van der Waals surface area contributed by atoms with Gasteiger partial charge in [-0.1, -0.05) is 46.4 Å². The first-order chi connectivity index (χ1) is 13.7. The SMILES string of the molecule is C=C(SC1=C(N)C(=O)N(C)Cc2ccc(Br)cc21)C(=O)Nc1c(F)cccc1F. The van der Waals surface area contributed by atoms with Crippen molar-refractivity contribution in [3.8, 4) is 0 Å². The standard InChI is InChI=1S/C20H16BrF2N3O2S/c1-10(19(27)25-17-14(22)4-3-5-15(17)23)29-18-13-8-12(21)7-6-11(13)9-26(2)20(28)16(18)24/h3-8H,1,9,24H2,2H3,(H,25,27). The number of nitrogens with one attached hydrogen (secondary N) is 1. The van der Waals surface area contributed by atoms with E-state index >= 15 is 0 Å². The maximum absolute atomic E-state index is 13.8. The molecule has 0 atom stereocenters. The Hall–Kier alpha value is -2.65. The van der Waals surface area contributed by atoms with Crippen molar-refractivity contribution in [1.29, 1.82) is 0 Å². The molecule has 0 aromatic heterocycles. The molecule has 0 spiro atoms. The molecule has 2 aromatic rings. The summed E-state index contributed by atoms with van der Waals surface area (Å²) in [6.07, 6.45) is 0. The first-order valence-electron chi connectivity index (χ1n) is 8.35. The summed E-state index contributed by atoms with van der Waals surface area (Å²) in [7, 11) is 1.62. The predicted octanol–water partition coefficient (Wildman–Crippen LogP) is 4.21. The third-order valence-corrected chi connectivity index (χ3v) is 5.79. The van der Waals surface area contributed by atoms with Gasteiger partial charge < -0.3 is 16.0 Å². The van der Waals surface area contributed by atoms with Crippen molar-refractivity contribution in [2.24, 2.45) is 5.73 Å². The molecular weight excluding hydrogens is 464 g/mol. The maximum atomic E-state index is 13.8. The van der Waals surface area contributed by atoms with Gasteiger partial charge in [0.05, 0.1) is 4.91 Å². The van der Waals surface area contributed by atoms with Crippen LogP contribution in [0.15, 0.2) is 58.1 Å². The topological polar surface area (TPSA) is 75.4 Å². The molecule has 29 heavy (non-hydrogen) atoms. The van der Waals surface area contributed by atoms with Crippen molar-refractivity contribution in [2.75, 3.05) is 12.4 Å². The Morgan fingerprint density at radius 1 is 1.28 bits per heavy atom. The molecule has 2 aromatic carbocycles. The Bertz CT molecular complexity index is 1050. The zero-order valence-electron chi connectivity index (χ0n) is 15.3. The van der Waals surface area contributed by atoms with Crippen LogP contribution in [0.3, 0.4) is 0 Å². The number of nitrogens with zero attached hydrogens (tertiary/aromatic N) is 1. The molecule has 0 fully saturated rings. The van der Waals surface area contributed by atoms with E-state index in [0.29, 0.717) is 17.0 Å². The number of nitrogens with two attached hydrogens (primary N) is 1. The summed E-state index contributed by atoms with van der Waals surface area (Å²) in [5.41, 5.74) is 6.98. The van der Waals surface area contributed by atoms with Gasteiger partial charge in [-0.05, 0) is 35.4 Å². The van der Waals surface area contributed by atoms with Crippen molar-refractivity contribution in [3.05, 3.63) is 80.8 Å². The highest BCUT2D eigenvalue weighted by Gasteiger charge is 2.27. The number of anilines is 1. The zero-order valence-corrected chi connectivity index (χ0v) is 17.7. The van der Waals surface area contributed by atoms with Crippen LogP contribution < -0.4 is 11.1 Å². The number of carbonyl (C=O) groups is 2. The second-order valence-corrected chi connectivity index (χ2v) is 8.30. The summed E-state index contributed by atoms with van der Waals surface area (Å²) >= 11 is 4.27. The number of likely N-dealkylation sites (N-methyl/N-ethyl adjacent to an activating group) is 1. The minimum absolute atomic E-state index is 0.0413. The number of para-hydroxylation sites is 1. The minimum Gasteiger partial charge on any atom is -0.393 e. The van der Waals surface area contributed by atoms with Crippen LogP contribution in [-0.2, 0) is 16.1 Å². The fourth-order valence-electron chi connectivity index (χ4n) is 2.75.